The summed E-state index contributed by atoms with van der Waals surface area (Å²) in [5, 5.41) is 0. The third kappa shape index (κ3) is 4.17. The fraction of sp³-hybridized carbons (Fsp3) is 0.923. The molecule has 0 spiro atoms. The van der Waals surface area contributed by atoms with Gasteiger partial charge in [-0.15, -0.1) is 0 Å². The maximum atomic E-state index is 12.1. The Morgan fingerprint density at radius 2 is 2.00 bits per heavy atom. The zero-order valence-corrected chi connectivity index (χ0v) is 12.9. The Hall–Kier alpha value is -0.665. The van der Waals surface area contributed by atoms with E-state index in [1.165, 1.54) is 0 Å². The van der Waals surface area contributed by atoms with Crippen LogP contribution in [0.5, 0.6) is 0 Å². The third-order valence-electron chi connectivity index (χ3n) is 3.91. The van der Waals surface area contributed by atoms with Gasteiger partial charge in [0.2, 0.25) is 5.91 Å². The molecule has 0 aromatic heterocycles. The van der Waals surface area contributed by atoms with Crippen LogP contribution in [-0.4, -0.2) is 96.7 Å². The van der Waals surface area contributed by atoms with Crippen LogP contribution in [-0.2, 0) is 28.5 Å². The first-order valence-corrected chi connectivity index (χ1v) is 7.31. The average Bonchev–Trinajstić information content (AvgIpc) is 2.81. The molecule has 0 N–H and O–H groups in total. The lowest BCUT2D eigenvalue weighted by Crippen LogP contribution is -2.45. The lowest BCUT2D eigenvalue weighted by molar-refractivity contribution is -0.144. The summed E-state index contributed by atoms with van der Waals surface area (Å²) in [6.45, 7) is 2.91. The van der Waals surface area contributed by atoms with Gasteiger partial charge in [0.1, 0.15) is 32.8 Å². The van der Waals surface area contributed by atoms with Gasteiger partial charge in [-0.3, -0.25) is 4.79 Å². The molecule has 21 heavy (non-hydrogen) atoms. The predicted octanol–water partition coefficient (Wildman–Crippen LogP) is -1.75. The minimum Gasteiger partial charge on any atom is -0.382 e. The van der Waals surface area contributed by atoms with Crippen molar-refractivity contribution in [2.24, 2.45) is 0 Å². The number of nitrogens with zero attached hydrogens (tertiary/aromatic N) is 1. The van der Waals surface area contributed by atoms with Gasteiger partial charge >= 0.3 is 0 Å². The summed E-state index contributed by atoms with van der Waals surface area (Å²) in [5.41, 5.74) is 0. The van der Waals surface area contributed by atoms with Crippen LogP contribution in [0.15, 0.2) is 0 Å². The highest BCUT2D eigenvalue weighted by Crippen LogP contribution is 2.25. The van der Waals surface area contributed by atoms with Crippen LogP contribution >= 0.6 is 0 Å². The average molecular weight is 301 g/mol. The standard InChI is InChI=1S/C13H24BNO6/c1-17-7-9-11(18-2)12(13(14)21-9)20-8-10(16)15-3-5-19-6-4-15/h9,11-13H,3-8,14H2,1-2H3/t9-,11?,12+,13-/m1/s1. The Balaban J connectivity index is 1.84. The highest BCUT2D eigenvalue weighted by molar-refractivity contribution is 6.11. The summed E-state index contributed by atoms with van der Waals surface area (Å²) in [6, 6.07) is -0.132. The molecular formula is C13H24BNO6. The molecule has 0 bridgehead atoms. The maximum absolute atomic E-state index is 12.1. The molecule has 2 rings (SSSR count). The van der Waals surface area contributed by atoms with Crippen molar-refractivity contribution in [1.82, 2.24) is 4.90 Å². The van der Waals surface area contributed by atoms with Gasteiger partial charge in [0.05, 0.1) is 25.8 Å². The van der Waals surface area contributed by atoms with Crippen molar-refractivity contribution in [2.75, 3.05) is 53.7 Å². The summed E-state index contributed by atoms with van der Waals surface area (Å²) < 4.78 is 27.4. The van der Waals surface area contributed by atoms with E-state index in [0.717, 1.165) is 0 Å². The molecule has 0 aliphatic carbocycles. The smallest absolute Gasteiger partial charge is 0.248 e. The van der Waals surface area contributed by atoms with Crippen LogP contribution in [0.2, 0.25) is 0 Å². The minimum absolute atomic E-state index is 0.0180. The number of hydrogen-bond acceptors (Lipinski definition) is 6. The van der Waals surface area contributed by atoms with Crippen molar-refractivity contribution in [3.8, 4) is 0 Å². The molecule has 0 aromatic carbocycles. The van der Waals surface area contributed by atoms with Gasteiger partial charge in [-0.1, -0.05) is 0 Å². The quantitative estimate of drug-likeness (QED) is 0.542. The molecule has 8 heteroatoms. The van der Waals surface area contributed by atoms with E-state index in [1.54, 1.807) is 19.1 Å². The van der Waals surface area contributed by atoms with Gasteiger partial charge in [-0.2, -0.15) is 0 Å². The van der Waals surface area contributed by atoms with Crippen molar-refractivity contribution in [2.45, 2.75) is 24.3 Å². The maximum Gasteiger partial charge on any atom is 0.248 e. The van der Waals surface area contributed by atoms with Crippen molar-refractivity contribution in [3.63, 3.8) is 0 Å². The molecule has 120 valence electrons. The number of methoxy groups -OCH3 is 2. The fourth-order valence-corrected chi connectivity index (χ4v) is 2.80. The van der Waals surface area contributed by atoms with E-state index in [1.807, 2.05) is 7.85 Å². The van der Waals surface area contributed by atoms with Crippen LogP contribution in [0.3, 0.4) is 0 Å². The molecule has 0 aromatic rings. The zero-order chi connectivity index (χ0) is 15.2. The van der Waals surface area contributed by atoms with E-state index in [0.29, 0.717) is 32.9 Å². The second-order valence-corrected chi connectivity index (χ2v) is 5.30. The Bertz CT molecular complexity index is 339. The number of carbonyl (C=O) groups excluding carboxylic acids is 1. The van der Waals surface area contributed by atoms with Crippen molar-refractivity contribution in [3.05, 3.63) is 0 Å². The molecule has 4 atom stereocenters. The molecule has 2 aliphatic heterocycles. The van der Waals surface area contributed by atoms with E-state index >= 15 is 0 Å². The topological polar surface area (TPSA) is 66.5 Å². The molecule has 2 fully saturated rings. The first-order chi connectivity index (χ1) is 10.2. The SMILES string of the molecule is B[C@@H]1O[C@H](COC)C(OC)[C@@H]1OCC(=O)N1CCOCC1. The van der Waals surface area contributed by atoms with Gasteiger partial charge in [0, 0.05) is 27.3 Å². The Morgan fingerprint density at radius 3 is 2.62 bits per heavy atom. The summed E-state index contributed by atoms with van der Waals surface area (Å²) in [4.78, 5) is 13.9. The second kappa shape index (κ2) is 8.10. The summed E-state index contributed by atoms with van der Waals surface area (Å²) in [5.74, 6) is -0.0180. The van der Waals surface area contributed by atoms with Gasteiger partial charge < -0.3 is 28.6 Å². The Labute approximate surface area is 126 Å². The predicted molar refractivity (Wildman–Crippen MR) is 77.0 cm³/mol. The van der Waals surface area contributed by atoms with E-state index < -0.39 is 0 Å². The van der Waals surface area contributed by atoms with Crippen LogP contribution in [0.25, 0.3) is 0 Å². The summed E-state index contributed by atoms with van der Waals surface area (Å²) >= 11 is 0. The number of carbonyl (C=O) groups is 1. The molecule has 2 aliphatic rings. The lowest BCUT2D eigenvalue weighted by atomic mass is 9.93. The molecule has 1 amide bonds. The lowest BCUT2D eigenvalue weighted by Gasteiger charge is -2.28. The van der Waals surface area contributed by atoms with Gasteiger partial charge in [0.25, 0.3) is 0 Å². The van der Waals surface area contributed by atoms with Crippen molar-refractivity contribution in [1.29, 1.82) is 0 Å². The monoisotopic (exact) mass is 301 g/mol. The Morgan fingerprint density at radius 1 is 1.29 bits per heavy atom. The molecular weight excluding hydrogens is 277 g/mol. The highest BCUT2D eigenvalue weighted by atomic mass is 16.6. The van der Waals surface area contributed by atoms with Gasteiger partial charge in [0.15, 0.2) is 0 Å². The Kier molecular flexibility index (Phi) is 6.44. The van der Waals surface area contributed by atoms with Gasteiger partial charge in [-0.05, 0) is 0 Å². The van der Waals surface area contributed by atoms with E-state index in [-0.39, 0.29) is 36.8 Å². The van der Waals surface area contributed by atoms with Crippen LogP contribution in [0.1, 0.15) is 0 Å². The molecule has 0 radical (unpaired) electrons. The van der Waals surface area contributed by atoms with Crippen molar-refractivity contribution < 1.29 is 28.5 Å². The molecule has 2 saturated heterocycles. The fourth-order valence-electron chi connectivity index (χ4n) is 2.80. The third-order valence-corrected chi connectivity index (χ3v) is 3.91. The van der Waals surface area contributed by atoms with E-state index in [9.17, 15) is 4.79 Å². The largest absolute Gasteiger partial charge is 0.382 e. The number of amides is 1. The normalized spacial score (nSPS) is 33.3. The van der Waals surface area contributed by atoms with Crippen LogP contribution in [0, 0.1) is 0 Å². The molecule has 2 heterocycles. The van der Waals surface area contributed by atoms with Crippen LogP contribution in [0.4, 0.5) is 0 Å². The van der Waals surface area contributed by atoms with Gasteiger partial charge in [-0.25, -0.2) is 0 Å². The number of hydrogen-bond donors (Lipinski definition) is 0. The first-order valence-electron chi connectivity index (χ1n) is 7.31. The molecule has 1 unspecified atom stereocenters. The number of morpholine rings is 1. The molecule has 0 saturated carbocycles. The number of rotatable bonds is 6. The summed E-state index contributed by atoms with van der Waals surface area (Å²) in [7, 11) is 5.16. The van der Waals surface area contributed by atoms with E-state index in [4.69, 9.17) is 23.7 Å². The highest BCUT2D eigenvalue weighted by Gasteiger charge is 2.43. The van der Waals surface area contributed by atoms with E-state index in [2.05, 4.69) is 0 Å². The summed E-state index contributed by atoms with van der Waals surface area (Å²) in [6.07, 6.45) is -0.656. The minimum atomic E-state index is -0.264. The molecule has 7 nitrogen and oxygen atoms in total. The van der Waals surface area contributed by atoms with Crippen molar-refractivity contribution >= 4 is 13.8 Å². The number of ether oxygens (including phenoxy) is 5. The first kappa shape index (κ1) is 16.7. The van der Waals surface area contributed by atoms with Crippen LogP contribution < -0.4 is 0 Å². The second-order valence-electron chi connectivity index (χ2n) is 5.30. The zero-order valence-electron chi connectivity index (χ0n) is 12.9.